The molecular weight excluding hydrogens is 492 g/mol. The van der Waals surface area contributed by atoms with Gasteiger partial charge in [0.2, 0.25) is 0 Å². The van der Waals surface area contributed by atoms with Gasteiger partial charge in [-0.3, -0.25) is 4.79 Å². The number of carbonyl (C=O) groups excluding carboxylic acids is 2. The molecule has 38 heavy (non-hydrogen) atoms. The Morgan fingerprint density at radius 3 is 2.58 bits per heavy atom. The first-order chi connectivity index (χ1) is 18.2. The summed E-state index contributed by atoms with van der Waals surface area (Å²) < 4.78 is 5.44. The molecule has 196 valence electrons. The highest BCUT2D eigenvalue weighted by atomic mass is 32.1. The number of para-hydroxylation sites is 1. The molecule has 0 bridgehead atoms. The molecule has 2 aromatic heterocycles. The molecule has 0 unspecified atom stereocenters. The second-order valence-electron chi connectivity index (χ2n) is 11.1. The van der Waals surface area contributed by atoms with Crippen LogP contribution in [0.5, 0.6) is 0 Å². The Hall–Kier alpha value is -3.51. The van der Waals surface area contributed by atoms with Crippen molar-refractivity contribution in [2.75, 3.05) is 11.9 Å². The third-order valence-electron chi connectivity index (χ3n) is 7.58. The highest BCUT2D eigenvalue weighted by Gasteiger charge is 2.34. The van der Waals surface area contributed by atoms with Crippen LogP contribution in [0.3, 0.4) is 0 Å². The van der Waals surface area contributed by atoms with E-state index in [0.29, 0.717) is 22.0 Å². The third-order valence-corrected chi connectivity index (χ3v) is 8.75. The minimum atomic E-state index is -0.366. The van der Waals surface area contributed by atoms with Crippen LogP contribution < -0.4 is 5.32 Å². The number of hydrogen-bond acceptors (Lipinski definition) is 5. The van der Waals surface area contributed by atoms with Crippen molar-refractivity contribution in [3.63, 3.8) is 0 Å². The average molecular weight is 527 g/mol. The molecule has 5 nitrogen and oxygen atoms in total. The molecule has 2 aromatic carbocycles. The van der Waals surface area contributed by atoms with Gasteiger partial charge < -0.3 is 10.1 Å². The molecule has 1 atom stereocenters. The standard InChI is InChI=1S/C32H34N2O3S/c1-6-37-31(36)28-23-16-15-20(32(3,4)5)17-27(23)38-30(28)34-29(35)24-18-26(21-12-8-7-11-19(21)2)33-25-14-10-9-13-22(24)25/h7-14,18,20H,6,15-17H2,1-5H3,(H,34,35)/t20-/m0/s1. The van der Waals surface area contributed by atoms with Crippen LogP contribution in [0.25, 0.3) is 22.2 Å². The summed E-state index contributed by atoms with van der Waals surface area (Å²) >= 11 is 1.52. The number of hydrogen-bond donors (Lipinski definition) is 1. The van der Waals surface area contributed by atoms with Crippen LogP contribution in [0.4, 0.5) is 5.00 Å². The van der Waals surface area contributed by atoms with Gasteiger partial charge in [-0.2, -0.15) is 0 Å². The predicted molar refractivity (Wildman–Crippen MR) is 155 cm³/mol. The van der Waals surface area contributed by atoms with Crippen molar-refractivity contribution in [2.24, 2.45) is 11.3 Å². The highest BCUT2D eigenvalue weighted by molar-refractivity contribution is 7.17. The number of pyridine rings is 1. The van der Waals surface area contributed by atoms with Gasteiger partial charge in [0, 0.05) is 15.8 Å². The summed E-state index contributed by atoms with van der Waals surface area (Å²) in [7, 11) is 0. The fourth-order valence-corrected chi connectivity index (χ4v) is 6.67. The van der Waals surface area contributed by atoms with Crippen molar-refractivity contribution < 1.29 is 14.3 Å². The van der Waals surface area contributed by atoms with Crippen molar-refractivity contribution in [1.82, 2.24) is 4.98 Å². The van der Waals surface area contributed by atoms with Gasteiger partial charge in [-0.05, 0) is 67.7 Å². The molecule has 0 aliphatic heterocycles. The van der Waals surface area contributed by atoms with Crippen molar-refractivity contribution in [1.29, 1.82) is 0 Å². The predicted octanol–water partition coefficient (Wildman–Crippen LogP) is 7.85. The maximum atomic E-state index is 13.9. The molecule has 0 spiro atoms. The number of aromatic nitrogens is 1. The van der Waals surface area contributed by atoms with E-state index >= 15 is 0 Å². The van der Waals surface area contributed by atoms with Gasteiger partial charge in [0.05, 0.1) is 28.9 Å². The fourth-order valence-electron chi connectivity index (χ4n) is 5.36. The molecule has 0 saturated carbocycles. The maximum Gasteiger partial charge on any atom is 0.341 e. The number of carbonyl (C=O) groups is 2. The molecular formula is C32H34N2O3S. The summed E-state index contributed by atoms with van der Waals surface area (Å²) in [5, 5.41) is 4.46. The molecule has 1 aliphatic rings. The third kappa shape index (κ3) is 4.97. The summed E-state index contributed by atoms with van der Waals surface area (Å²) in [6.45, 7) is 10.9. The Balaban J connectivity index is 1.57. The van der Waals surface area contributed by atoms with Crippen LogP contribution in [0, 0.1) is 18.3 Å². The van der Waals surface area contributed by atoms with E-state index in [9.17, 15) is 9.59 Å². The van der Waals surface area contributed by atoms with Gasteiger partial charge in [-0.15, -0.1) is 11.3 Å². The Bertz CT molecular complexity index is 1530. The number of rotatable bonds is 5. The average Bonchev–Trinajstić information content (AvgIpc) is 3.25. The van der Waals surface area contributed by atoms with Crippen LogP contribution in [-0.4, -0.2) is 23.5 Å². The lowest BCUT2D eigenvalue weighted by Gasteiger charge is -2.33. The lowest BCUT2D eigenvalue weighted by Crippen LogP contribution is -2.26. The monoisotopic (exact) mass is 526 g/mol. The molecule has 5 rings (SSSR count). The smallest absolute Gasteiger partial charge is 0.341 e. The van der Waals surface area contributed by atoms with Crippen LogP contribution in [0.1, 0.15) is 70.8 Å². The van der Waals surface area contributed by atoms with E-state index in [1.54, 1.807) is 6.92 Å². The van der Waals surface area contributed by atoms with E-state index in [0.717, 1.165) is 52.5 Å². The minimum Gasteiger partial charge on any atom is -0.462 e. The molecule has 1 N–H and O–H groups in total. The van der Waals surface area contributed by atoms with Crippen LogP contribution in [0.15, 0.2) is 54.6 Å². The summed E-state index contributed by atoms with van der Waals surface area (Å²) in [6, 6.07) is 17.6. The van der Waals surface area contributed by atoms with E-state index in [2.05, 4.69) is 26.1 Å². The Morgan fingerprint density at radius 2 is 1.84 bits per heavy atom. The zero-order valence-electron chi connectivity index (χ0n) is 22.7. The highest BCUT2D eigenvalue weighted by Crippen LogP contribution is 2.44. The number of fused-ring (bicyclic) bond motifs is 2. The molecule has 1 amide bonds. The quantitative estimate of drug-likeness (QED) is 0.269. The summed E-state index contributed by atoms with van der Waals surface area (Å²) in [5.41, 5.74) is 5.83. The fraction of sp³-hybridized carbons (Fsp3) is 0.344. The molecule has 6 heteroatoms. The van der Waals surface area contributed by atoms with Crippen LogP contribution in [-0.2, 0) is 17.6 Å². The Labute approximate surface area is 228 Å². The Kier molecular flexibility index (Phi) is 7.10. The number of nitrogens with zero attached hydrogens (tertiary/aromatic N) is 1. The van der Waals surface area contributed by atoms with E-state index < -0.39 is 0 Å². The van der Waals surface area contributed by atoms with Gasteiger partial charge in [0.15, 0.2) is 0 Å². The van der Waals surface area contributed by atoms with Gasteiger partial charge in [-0.25, -0.2) is 9.78 Å². The lowest BCUT2D eigenvalue weighted by molar-refractivity contribution is 0.0526. The molecule has 4 aromatic rings. The van der Waals surface area contributed by atoms with E-state index in [4.69, 9.17) is 9.72 Å². The van der Waals surface area contributed by atoms with Gasteiger partial charge in [-0.1, -0.05) is 63.2 Å². The van der Waals surface area contributed by atoms with Crippen molar-refractivity contribution in [2.45, 2.75) is 53.9 Å². The second-order valence-corrected chi connectivity index (χ2v) is 12.2. The number of thiophene rings is 1. The van der Waals surface area contributed by atoms with Crippen molar-refractivity contribution >= 4 is 39.1 Å². The molecule has 0 fully saturated rings. The summed E-state index contributed by atoms with van der Waals surface area (Å²) in [5.74, 6) is -0.0993. The number of ether oxygens (including phenoxy) is 1. The van der Waals surface area contributed by atoms with Crippen molar-refractivity contribution in [3.05, 3.63) is 81.7 Å². The van der Waals surface area contributed by atoms with Gasteiger partial charge in [0.1, 0.15) is 5.00 Å². The normalized spacial score (nSPS) is 15.2. The number of aryl methyl sites for hydroxylation is 1. The summed E-state index contributed by atoms with van der Waals surface area (Å²) in [4.78, 5) is 33.0. The molecule has 1 aliphatic carbocycles. The second kappa shape index (κ2) is 10.3. The molecule has 2 heterocycles. The lowest BCUT2D eigenvalue weighted by atomic mass is 9.72. The zero-order valence-corrected chi connectivity index (χ0v) is 23.5. The molecule has 0 saturated heterocycles. The van der Waals surface area contributed by atoms with E-state index in [1.165, 1.54) is 16.2 Å². The number of esters is 1. The topological polar surface area (TPSA) is 68.3 Å². The van der Waals surface area contributed by atoms with Gasteiger partial charge in [0.25, 0.3) is 5.91 Å². The number of nitrogens with one attached hydrogen (secondary N) is 1. The van der Waals surface area contributed by atoms with Crippen molar-refractivity contribution in [3.8, 4) is 11.3 Å². The number of benzene rings is 2. The zero-order chi connectivity index (χ0) is 27.0. The largest absolute Gasteiger partial charge is 0.462 e. The first kappa shape index (κ1) is 26.1. The van der Waals surface area contributed by atoms with Gasteiger partial charge >= 0.3 is 5.97 Å². The number of anilines is 1. The Morgan fingerprint density at radius 1 is 1.11 bits per heavy atom. The SMILES string of the molecule is CCOC(=O)c1c(NC(=O)c2cc(-c3ccccc3C)nc3ccccc23)sc2c1CC[C@H](C(C)(C)C)C2. The summed E-state index contributed by atoms with van der Waals surface area (Å²) in [6.07, 6.45) is 2.73. The number of amides is 1. The van der Waals surface area contributed by atoms with Crippen LogP contribution >= 0.6 is 11.3 Å². The van der Waals surface area contributed by atoms with E-state index in [1.807, 2.05) is 61.5 Å². The first-order valence-electron chi connectivity index (χ1n) is 13.3. The van der Waals surface area contributed by atoms with E-state index in [-0.39, 0.29) is 23.9 Å². The van der Waals surface area contributed by atoms with Crippen LogP contribution in [0.2, 0.25) is 0 Å². The first-order valence-corrected chi connectivity index (χ1v) is 14.1. The maximum absolute atomic E-state index is 13.9. The minimum absolute atomic E-state index is 0.178. The molecule has 0 radical (unpaired) electrons.